The highest BCUT2D eigenvalue weighted by molar-refractivity contribution is 9.10. The zero-order valence-corrected chi connectivity index (χ0v) is 12.7. The molecule has 0 heterocycles. The number of methoxy groups -OCH3 is 1. The number of halogens is 2. The minimum Gasteiger partial charge on any atom is -0.383 e. The van der Waals surface area contributed by atoms with Gasteiger partial charge >= 0.3 is 0 Å². The van der Waals surface area contributed by atoms with Gasteiger partial charge in [-0.25, -0.2) is 0 Å². The summed E-state index contributed by atoms with van der Waals surface area (Å²) in [6.07, 6.45) is 0.512. The lowest BCUT2D eigenvalue weighted by Crippen LogP contribution is -2.28. The van der Waals surface area contributed by atoms with E-state index in [1.165, 1.54) is 0 Å². The summed E-state index contributed by atoms with van der Waals surface area (Å²) in [6.45, 7) is 2.91. The number of hydrogen-bond acceptors (Lipinski definition) is 3. The highest BCUT2D eigenvalue weighted by atomic mass is 79.9. The fraction of sp³-hybridized carbons (Fsp3) is 0.462. The number of rotatable bonds is 7. The lowest BCUT2D eigenvalue weighted by atomic mass is 10.2. The van der Waals surface area contributed by atoms with Crippen molar-refractivity contribution in [2.75, 3.05) is 26.8 Å². The van der Waals surface area contributed by atoms with E-state index in [-0.39, 0.29) is 0 Å². The Bertz CT molecular complexity index is 420. The number of hydrogen-bond donors (Lipinski definition) is 0. The first-order valence-corrected chi connectivity index (χ1v) is 6.86. The van der Waals surface area contributed by atoms with Gasteiger partial charge in [0.15, 0.2) is 0 Å². The van der Waals surface area contributed by atoms with Crippen LogP contribution in [0, 0.1) is 11.3 Å². The topological polar surface area (TPSA) is 36.3 Å². The van der Waals surface area contributed by atoms with Crippen molar-refractivity contribution in [3.05, 3.63) is 33.3 Å². The van der Waals surface area contributed by atoms with Crippen molar-refractivity contribution in [2.45, 2.75) is 13.0 Å². The summed E-state index contributed by atoms with van der Waals surface area (Å²) >= 11 is 9.57. The third kappa shape index (κ3) is 5.36. The van der Waals surface area contributed by atoms with Gasteiger partial charge in [0.2, 0.25) is 0 Å². The van der Waals surface area contributed by atoms with Gasteiger partial charge in [0.05, 0.1) is 12.7 Å². The van der Waals surface area contributed by atoms with Gasteiger partial charge in [-0.1, -0.05) is 33.6 Å². The summed E-state index contributed by atoms with van der Waals surface area (Å²) in [7, 11) is 1.68. The molecule has 0 atom stereocenters. The van der Waals surface area contributed by atoms with Crippen LogP contribution in [0.15, 0.2) is 22.7 Å². The molecule has 0 radical (unpaired) electrons. The Morgan fingerprint density at radius 3 is 2.83 bits per heavy atom. The Kier molecular flexibility index (Phi) is 7.29. The zero-order chi connectivity index (χ0) is 13.4. The Morgan fingerprint density at radius 2 is 2.22 bits per heavy atom. The van der Waals surface area contributed by atoms with Crippen molar-refractivity contribution in [1.82, 2.24) is 4.90 Å². The van der Waals surface area contributed by atoms with Crippen molar-refractivity contribution < 1.29 is 4.74 Å². The van der Waals surface area contributed by atoms with Gasteiger partial charge in [-0.05, 0) is 17.7 Å². The smallest absolute Gasteiger partial charge is 0.0635 e. The van der Waals surface area contributed by atoms with Gasteiger partial charge in [-0.3, -0.25) is 4.90 Å². The molecule has 0 saturated heterocycles. The van der Waals surface area contributed by atoms with Crippen molar-refractivity contribution in [3.8, 4) is 6.07 Å². The van der Waals surface area contributed by atoms with Gasteiger partial charge in [0.1, 0.15) is 0 Å². The second-order valence-electron chi connectivity index (χ2n) is 3.91. The fourth-order valence-corrected chi connectivity index (χ4v) is 2.32. The van der Waals surface area contributed by atoms with Crippen molar-refractivity contribution in [1.29, 1.82) is 5.26 Å². The number of ether oxygens (including phenoxy) is 1. The Hall–Kier alpha value is -0.600. The number of nitriles is 1. The lowest BCUT2D eigenvalue weighted by molar-refractivity contribution is 0.145. The molecule has 0 aliphatic heterocycles. The maximum absolute atomic E-state index is 8.66. The van der Waals surface area contributed by atoms with Gasteiger partial charge in [0, 0.05) is 42.7 Å². The van der Waals surface area contributed by atoms with E-state index in [9.17, 15) is 0 Å². The third-order valence-corrected chi connectivity index (χ3v) is 3.41. The molecule has 1 aromatic rings. The number of benzene rings is 1. The fourth-order valence-electron chi connectivity index (χ4n) is 1.59. The average molecular weight is 332 g/mol. The van der Waals surface area contributed by atoms with Gasteiger partial charge in [0.25, 0.3) is 0 Å². The van der Waals surface area contributed by atoms with E-state index in [1.54, 1.807) is 7.11 Å². The first-order valence-electron chi connectivity index (χ1n) is 5.69. The minimum absolute atomic E-state index is 0.512. The molecule has 98 valence electrons. The standard InChI is InChI=1S/C13H16BrClN2O/c1-18-8-7-17(6-2-5-16)10-11-3-4-12(14)9-13(11)15/h3-4,9H,2,6-8,10H2,1H3. The van der Waals surface area contributed by atoms with Crippen LogP contribution >= 0.6 is 27.5 Å². The van der Waals surface area contributed by atoms with Crippen LogP contribution in [-0.4, -0.2) is 31.7 Å². The summed E-state index contributed by atoms with van der Waals surface area (Å²) in [5, 5.41) is 9.40. The average Bonchev–Trinajstić information content (AvgIpc) is 2.35. The van der Waals surface area contributed by atoms with Gasteiger partial charge in [-0.2, -0.15) is 5.26 Å². The van der Waals surface area contributed by atoms with E-state index < -0.39 is 0 Å². The van der Waals surface area contributed by atoms with E-state index in [0.29, 0.717) is 13.0 Å². The van der Waals surface area contributed by atoms with E-state index in [4.69, 9.17) is 21.6 Å². The molecule has 0 N–H and O–H groups in total. The molecule has 0 unspecified atom stereocenters. The predicted molar refractivity (Wildman–Crippen MR) is 76.5 cm³/mol. The minimum atomic E-state index is 0.512. The van der Waals surface area contributed by atoms with E-state index in [2.05, 4.69) is 26.9 Å². The second kappa shape index (κ2) is 8.49. The van der Waals surface area contributed by atoms with E-state index in [0.717, 1.165) is 34.7 Å². The first kappa shape index (κ1) is 15.5. The van der Waals surface area contributed by atoms with Crippen LogP contribution in [0.4, 0.5) is 0 Å². The lowest BCUT2D eigenvalue weighted by Gasteiger charge is -2.21. The summed E-state index contributed by atoms with van der Waals surface area (Å²) in [4.78, 5) is 2.17. The largest absolute Gasteiger partial charge is 0.383 e. The molecule has 0 aliphatic rings. The normalized spacial score (nSPS) is 10.6. The maximum Gasteiger partial charge on any atom is 0.0635 e. The quantitative estimate of drug-likeness (QED) is 0.767. The summed E-state index contributed by atoms with van der Waals surface area (Å²) in [5.41, 5.74) is 1.06. The predicted octanol–water partition coefficient (Wildman–Crippen LogP) is 3.46. The molecule has 3 nitrogen and oxygen atoms in total. The molecule has 0 saturated carbocycles. The molecular weight excluding hydrogens is 316 g/mol. The van der Waals surface area contributed by atoms with Crippen LogP contribution < -0.4 is 0 Å². The second-order valence-corrected chi connectivity index (χ2v) is 5.24. The molecule has 0 spiro atoms. The summed E-state index contributed by atoms with van der Waals surface area (Å²) in [6, 6.07) is 8.02. The third-order valence-electron chi connectivity index (χ3n) is 2.56. The van der Waals surface area contributed by atoms with Crippen molar-refractivity contribution >= 4 is 27.5 Å². The number of nitrogens with zero attached hydrogens (tertiary/aromatic N) is 2. The van der Waals surface area contributed by atoms with Crippen LogP contribution in [0.2, 0.25) is 5.02 Å². The molecular formula is C13H16BrClN2O. The first-order chi connectivity index (χ1) is 8.67. The van der Waals surface area contributed by atoms with Crippen LogP contribution in [0.25, 0.3) is 0 Å². The molecule has 1 rings (SSSR count). The molecule has 0 bridgehead atoms. The van der Waals surface area contributed by atoms with Crippen molar-refractivity contribution in [2.24, 2.45) is 0 Å². The molecule has 0 aliphatic carbocycles. The van der Waals surface area contributed by atoms with E-state index in [1.807, 2.05) is 18.2 Å². The molecule has 18 heavy (non-hydrogen) atoms. The zero-order valence-electron chi connectivity index (χ0n) is 10.3. The molecule has 1 aromatic carbocycles. The van der Waals surface area contributed by atoms with Gasteiger partial charge in [-0.15, -0.1) is 0 Å². The molecule has 0 aromatic heterocycles. The SMILES string of the molecule is COCCN(CCC#N)Cc1ccc(Br)cc1Cl. The maximum atomic E-state index is 8.66. The van der Waals surface area contributed by atoms with Crippen molar-refractivity contribution in [3.63, 3.8) is 0 Å². The van der Waals surface area contributed by atoms with Crippen LogP contribution in [-0.2, 0) is 11.3 Å². The van der Waals surface area contributed by atoms with E-state index >= 15 is 0 Å². The Labute approximate surface area is 121 Å². The molecule has 0 amide bonds. The Balaban J connectivity index is 2.66. The molecule has 5 heteroatoms. The summed E-state index contributed by atoms with van der Waals surface area (Å²) < 4.78 is 6.04. The summed E-state index contributed by atoms with van der Waals surface area (Å²) in [5.74, 6) is 0. The van der Waals surface area contributed by atoms with Crippen LogP contribution in [0.5, 0.6) is 0 Å². The van der Waals surface area contributed by atoms with Crippen LogP contribution in [0.1, 0.15) is 12.0 Å². The van der Waals surface area contributed by atoms with Gasteiger partial charge < -0.3 is 4.74 Å². The highest BCUT2D eigenvalue weighted by Crippen LogP contribution is 2.22. The highest BCUT2D eigenvalue weighted by Gasteiger charge is 2.08. The Morgan fingerprint density at radius 1 is 1.44 bits per heavy atom. The monoisotopic (exact) mass is 330 g/mol. The van der Waals surface area contributed by atoms with Crippen LogP contribution in [0.3, 0.4) is 0 Å². The molecule has 0 fully saturated rings.